The van der Waals surface area contributed by atoms with Crippen LogP contribution in [0.1, 0.15) is 11.1 Å². The topological polar surface area (TPSA) is 70.5 Å². The van der Waals surface area contributed by atoms with Crippen LogP contribution in [0.3, 0.4) is 0 Å². The van der Waals surface area contributed by atoms with Gasteiger partial charge in [0.1, 0.15) is 0 Å². The monoisotopic (exact) mass is 314 g/mol. The number of hydrogen-bond donors (Lipinski definition) is 1. The lowest BCUT2D eigenvalue weighted by atomic mass is 10.1. The van der Waals surface area contributed by atoms with E-state index in [-0.39, 0.29) is 12.1 Å². The Kier molecular flexibility index (Phi) is 3.65. The van der Waals surface area contributed by atoms with Crippen LogP contribution in [0.15, 0.2) is 54.6 Å². The molecule has 2 aromatic rings. The van der Waals surface area contributed by atoms with E-state index in [0.717, 1.165) is 4.90 Å². The van der Waals surface area contributed by atoms with Gasteiger partial charge in [-0.2, -0.15) is 0 Å². The number of aromatic nitrogens is 1. The summed E-state index contributed by atoms with van der Waals surface area (Å²) in [6.45, 7) is 0.0622. The second-order valence-corrected chi connectivity index (χ2v) is 5.22. The van der Waals surface area contributed by atoms with Crippen molar-refractivity contribution >= 4 is 29.0 Å². The minimum absolute atomic E-state index is 0.00874. The number of rotatable bonds is 3. The van der Waals surface area contributed by atoms with Gasteiger partial charge in [0.15, 0.2) is 5.76 Å². The number of carbonyl (C=O) groups excluding carboxylic acids is 2. The molecule has 0 saturated heterocycles. The molecule has 0 unspecified atom stereocenters. The molecule has 110 valence electrons. The SMILES string of the molecule is O=C1C(O)=C(c2ccc(Cl)cc2)C(=O)N1Cc1cccnc1. The van der Waals surface area contributed by atoms with E-state index in [9.17, 15) is 14.7 Å². The lowest BCUT2D eigenvalue weighted by Gasteiger charge is -2.14. The van der Waals surface area contributed by atoms with Crippen molar-refractivity contribution in [1.29, 1.82) is 0 Å². The largest absolute Gasteiger partial charge is 0.502 e. The molecule has 1 N–H and O–H groups in total. The fourth-order valence-corrected chi connectivity index (χ4v) is 2.38. The maximum Gasteiger partial charge on any atom is 0.296 e. The molecule has 2 amide bonds. The van der Waals surface area contributed by atoms with Crippen molar-refractivity contribution < 1.29 is 14.7 Å². The first-order chi connectivity index (χ1) is 10.6. The first kappa shape index (κ1) is 14.3. The van der Waals surface area contributed by atoms with Gasteiger partial charge in [-0.1, -0.05) is 29.8 Å². The summed E-state index contributed by atoms with van der Waals surface area (Å²) >= 11 is 5.81. The summed E-state index contributed by atoms with van der Waals surface area (Å²) in [5, 5.41) is 10.5. The zero-order valence-corrected chi connectivity index (χ0v) is 12.1. The average molecular weight is 315 g/mol. The predicted molar refractivity (Wildman–Crippen MR) is 80.8 cm³/mol. The zero-order chi connectivity index (χ0) is 15.7. The molecule has 1 aromatic heterocycles. The number of imide groups is 1. The fourth-order valence-electron chi connectivity index (χ4n) is 2.26. The normalized spacial score (nSPS) is 14.9. The third-order valence-corrected chi connectivity index (χ3v) is 3.59. The molecule has 5 nitrogen and oxygen atoms in total. The average Bonchev–Trinajstić information content (AvgIpc) is 2.73. The number of halogens is 1. The molecule has 0 radical (unpaired) electrons. The van der Waals surface area contributed by atoms with E-state index in [1.807, 2.05) is 0 Å². The van der Waals surface area contributed by atoms with Gasteiger partial charge >= 0.3 is 0 Å². The van der Waals surface area contributed by atoms with Gasteiger partial charge in [-0.3, -0.25) is 19.5 Å². The number of pyridine rings is 1. The second kappa shape index (κ2) is 5.61. The van der Waals surface area contributed by atoms with Gasteiger partial charge in [-0.25, -0.2) is 0 Å². The molecule has 0 fully saturated rings. The van der Waals surface area contributed by atoms with Crippen molar-refractivity contribution in [1.82, 2.24) is 9.88 Å². The summed E-state index contributed by atoms with van der Waals surface area (Å²) < 4.78 is 0. The maximum absolute atomic E-state index is 12.4. The Hall–Kier alpha value is -2.66. The number of aliphatic hydroxyl groups excluding tert-OH is 1. The molecular weight excluding hydrogens is 304 g/mol. The van der Waals surface area contributed by atoms with Crippen LogP contribution in [0.5, 0.6) is 0 Å². The summed E-state index contributed by atoms with van der Waals surface area (Å²) in [5.74, 6) is -1.79. The number of carbonyl (C=O) groups is 2. The Bertz CT molecular complexity index is 770. The third-order valence-electron chi connectivity index (χ3n) is 3.34. The summed E-state index contributed by atoms with van der Waals surface area (Å²) in [6.07, 6.45) is 3.17. The van der Waals surface area contributed by atoms with Crippen molar-refractivity contribution in [2.75, 3.05) is 0 Å². The first-order valence-corrected chi connectivity index (χ1v) is 6.90. The molecule has 22 heavy (non-hydrogen) atoms. The molecule has 0 atom stereocenters. The summed E-state index contributed by atoms with van der Waals surface area (Å²) in [7, 11) is 0. The number of hydrogen-bond acceptors (Lipinski definition) is 4. The van der Waals surface area contributed by atoms with E-state index in [2.05, 4.69) is 4.98 Å². The number of benzene rings is 1. The van der Waals surface area contributed by atoms with E-state index in [1.54, 1.807) is 48.8 Å². The molecular formula is C16H11ClN2O3. The highest BCUT2D eigenvalue weighted by Gasteiger charge is 2.39. The van der Waals surface area contributed by atoms with Crippen LogP contribution in [-0.4, -0.2) is 26.8 Å². The molecule has 2 heterocycles. The van der Waals surface area contributed by atoms with Crippen LogP contribution in [0.2, 0.25) is 5.02 Å². The molecule has 0 spiro atoms. The first-order valence-electron chi connectivity index (χ1n) is 6.52. The van der Waals surface area contributed by atoms with E-state index >= 15 is 0 Å². The molecule has 6 heteroatoms. The third kappa shape index (κ3) is 2.46. The van der Waals surface area contributed by atoms with Gasteiger partial charge in [-0.15, -0.1) is 0 Å². The van der Waals surface area contributed by atoms with Crippen LogP contribution >= 0.6 is 11.6 Å². The van der Waals surface area contributed by atoms with Crippen molar-refractivity contribution in [3.63, 3.8) is 0 Å². The van der Waals surface area contributed by atoms with Crippen molar-refractivity contribution in [3.05, 3.63) is 70.7 Å². The molecule has 0 bridgehead atoms. The van der Waals surface area contributed by atoms with Gasteiger partial charge in [0.25, 0.3) is 11.8 Å². The highest BCUT2D eigenvalue weighted by Crippen LogP contribution is 2.29. The minimum Gasteiger partial charge on any atom is -0.502 e. The summed E-state index contributed by atoms with van der Waals surface area (Å²) in [5.41, 5.74) is 1.15. The summed E-state index contributed by atoms with van der Waals surface area (Å²) in [6, 6.07) is 9.84. The second-order valence-electron chi connectivity index (χ2n) is 4.79. The Labute approximate surface area is 131 Å². The lowest BCUT2D eigenvalue weighted by molar-refractivity contribution is -0.138. The molecule has 1 aliphatic heterocycles. The lowest BCUT2D eigenvalue weighted by Crippen LogP contribution is -2.31. The smallest absolute Gasteiger partial charge is 0.296 e. The molecule has 0 saturated carbocycles. The number of amides is 2. The minimum atomic E-state index is -0.709. The Morgan fingerprint density at radius 3 is 2.45 bits per heavy atom. The van der Waals surface area contributed by atoms with Crippen LogP contribution in [0.4, 0.5) is 0 Å². The van der Waals surface area contributed by atoms with Gasteiger partial charge in [0.2, 0.25) is 0 Å². The van der Waals surface area contributed by atoms with Gasteiger partial charge in [0.05, 0.1) is 12.1 Å². The van der Waals surface area contributed by atoms with Gasteiger partial charge in [-0.05, 0) is 29.3 Å². The fraction of sp³-hybridized carbons (Fsp3) is 0.0625. The quantitative estimate of drug-likeness (QED) is 0.884. The van der Waals surface area contributed by atoms with E-state index in [0.29, 0.717) is 16.1 Å². The van der Waals surface area contributed by atoms with Crippen LogP contribution in [-0.2, 0) is 16.1 Å². The zero-order valence-electron chi connectivity index (χ0n) is 11.4. The number of nitrogens with zero attached hydrogens (tertiary/aromatic N) is 2. The molecule has 0 aliphatic carbocycles. The standard InChI is InChI=1S/C16H11ClN2O3/c17-12-5-3-11(4-6-12)13-14(20)16(22)19(15(13)21)9-10-2-1-7-18-8-10/h1-8,20H,9H2. The maximum atomic E-state index is 12.4. The summed E-state index contributed by atoms with van der Waals surface area (Å²) in [4.78, 5) is 29.5. The van der Waals surface area contributed by atoms with Crippen LogP contribution < -0.4 is 0 Å². The van der Waals surface area contributed by atoms with Crippen LogP contribution in [0, 0.1) is 0 Å². The van der Waals surface area contributed by atoms with Gasteiger partial charge < -0.3 is 5.11 Å². The number of aliphatic hydroxyl groups is 1. The Morgan fingerprint density at radius 1 is 1.09 bits per heavy atom. The molecule has 1 aromatic carbocycles. The van der Waals surface area contributed by atoms with E-state index in [1.165, 1.54) is 0 Å². The predicted octanol–water partition coefficient (Wildman–Crippen LogP) is 2.57. The van der Waals surface area contributed by atoms with Crippen molar-refractivity contribution in [3.8, 4) is 0 Å². The van der Waals surface area contributed by atoms with Crippen molar-refractivity contribution in [2.24, 2.45) is 0 Å². The Morgan fingerprint density at radius 2 is 1.82 bits per heavy atom. The van der Waals surface area contributed by atoms with Crippen LogP contribution in [0.25, 0.3) is 5.57 Å². The highest BCUT2D eigenvalue weighted by atomic mass is 35.5. The van der Waals surface area contributed by atoms with E-state index in [4.69, 9.17) is 11.6 Å². The van der Waals surface area contributed by atoms with Crippen molar-refractivity contribution in [2.45, 2.75) is 6.54 Å². The highest BCUT2D eigenvalue weighted by molar-refractivity contribution is 6.35. The molecule has 3 rings (SSSR count). The Balaban J connectivity index is 1.92. The van der Waals surface area contributed by atoms with E-state index < -0.39 is 17.6 Å². The van der Waals surface area contributed by atoms with Gasteiger partial charge in [0, 0.05) is 17.4 Å². The molecule has 1 aliphatic rings.